The van der Waals surface area contributed by atoms with Gasteiger partial charge in [0, 0.05) is 6.54 Å². The fraction of sp³-hybridized carbons (Fsp3) is 0.571. The Morgan fingerprint density at radius 3 is 2.82 bits per heavy atom. The average molecular weight is 156 g/mol. The summed E-state index contributed by atoms with van der Waals surface area (Å²) in [5, 5.41) is 11.2. The summed E-state index contributed by atoms with van der Waals surface area (Å²) >= 11 is 0. The summed E-state index contributed by atoms with van der Waals surface area (Å²) < 4.78 is 0. The highest BCUT2D eigenvalue weighted by Gasteiger charge is 2.12. The summed E-state index contributed by atoms with van der Waals surface area (Å²) in [7, 11) is 0. The first-order chi connectivity index (χ1) is 5.22. The predicted octanol–water partition coefficient (Wildman–Crippen LogP) is -0.989. The van der Waals surface area contributed by atoms with Crippen molar-refractivity contribution in [3.05, 3.63) is 0 Å². The summed E-state index contributed by atoms with van der Waals surface area (Å²) in [6.07, 6.45) is 0. The van der Waals surface area contributed by atoms with Crippen molar-refractivity contribution in [2.45, 2.75) is 13.0 Å². The van der Waals surface area contributed by atoms with Crippen molar-refractivity contribution in [1.82, 2.24) is 5.32 Å². The Bertz CT molecular complexity index is 181. The van der Waals surface area contributed by atoms with E-state index in [9.17, 15) is 4.79 Å². The van der Waals surface area contributed by atoms with Gasteiger partial charge in [0.15, 0.2) is 0 Å². The minimum Gasteiger partial charge on any atom is -0.480 e. The third-order valence-corrected chi connectivity index (χ3v) is 1.15. The molecular weight excluding hydrogens is 144 g/mol. The number of rotatable bonds is 4. The van der Waals surface area contributed by atoms with Crippen LogP contribution in [0.5, 0.6) is 0 Å². The topological polar surface area (TPSA) is 75.3 Å². The molecule has 0 aromatic carbocycles. The van der Waals surface area contributed by atoms with Crippen LogP contribution in [0.25, 0.3) is 0 Å². The first kappa shape index (κ1) is 9.95. The number of aliphatic carboxylic acids is 1. The molecule has 0 bridgehead atoms. The number of hydrogen-bond donors (Lipinski definition) is 3. The van der Waals surface area contributed by atoms with Crippen molar-refractivity contribution in [3.8, 4) is 11.8 Å². The molecule has 0 amide bonds. The molecular formula is C7H12N2O2. The van der Waals surface area contributed by atoms with Crippen molar-refractivity contribution in [2.75, 3.05) is 13.1 Å². The smallest absolute Gasteiger partial charge is 0.322 e. The lowest BCUT2D eigenvalue weighted by atomic mass is 10.3. The number of carboxylic acid groups (broad SMARTS) is 1. The van der Waals surface area contributed by atoms with E-state index in [0.29, 0.717) is 6.54 Å². The predicted molar refractivity (Wildman–Crippen MR) is 41.9 cm³/mol. The van der Waals surface area contributed by atoms with E-state index in [1.54, 1.807) is 6.92 Å². The van der Waals surface area contributed by atoms with Crippen molar-refractivity contribution in [1.29, 1.82) is 0 Å². The molecule has 4 heteroatoms. The van der Waals surface area contributed by atoms with E-state index in [4.69, 9.17) is 10.8 Å². The molecule has 62 valence electrons. The minimum absolute atomic E-state index is 0.0841. The van der Waals surface area contributed by atoms with Crippen LogP contribution in [0, 0.1) is 11.8 Å². The Hall–Kier alpha value is -1.05. The van der Waals surface area contributed by atoms with Crippen LogP contribution in [-0.4, -0.2) is 30.2 Å². The van der Waals surface area contributed by atoms with Gasteiger partial charge in [-0.2, -0.15) is 0 Å². The summed E-state index contributed by atoms with van der Waals surface area (Å²) in [6.45, 7) is 2.14. The molecule has 4 nitrogen and oxygen atoms in total. The first-order valence-electron chi connectivity index (χ1n) is 3.28. The number of hydrogen-bond acceptors (Lipinski definition) is 3. The van der Waals surface area contributed by atoms with E-state index >= 15 is 0 Å². The van der Waals surface area contributed by atoms with E-state index in [-0.39, 0.29) is 6.54 Å². The Balaban J connectivity index is 3.67. The third kappa shape index (κ3) is 4.37. The molecule has 4 N–H and O–H groups in total. The molecule has 1 atom stereocenters. The van der Waals surface area contributed by atoms with E-state index in [1.165, 1.54) is 0 Å². The molecule has 0 rings (SSSR count). The summed E-state index contributed by atoms with van der Waals surface area (Å²) in [5.41, 5.74) is 5.16. The van der Waals surface area contributed by atoms with Gasteiger partial charge in [-0.3, -0.25) is 10.1 Å². The quantitative estimate of drug-likeness (QED) is 0.457. The van der Waals surface area contributed by atoms with Crippen LogP contribution < -0.4 is 11.1 Å². The molecule has 0 aliphatic rings. The highest BCUT2D eigenvalue weighted by molar-refractivity contribution is 5.73. The van der Waals surface area contributed by atoms with Crippen molar-refractivity contribution < 1.29 is 9.90 Å². The van der Waals surface area contributed by atoms with Crippen molar-refractivity contribution >= 4 is 5.97 Å². The molecule has 0 radical (unpaired) electrons. The molecule has 0 aromatic rings. The molecule has 0 saturated heterocycles. The molecule has 0 aromatic heterocycles. The van der Waals surface area contributed by atoms with Crippen LogP contribution in [0.15, 0.2) is 0 Å². The minimum atomic E-state index is -0.939. The second-order valence-corrected chi connectivity index (χ2v) is 1.93. The molecule has 0 heterocycles. The zero-order valence-electron chi connectivity index (χ0n) is 6.42. The van der Waals surface area contributed by atoms with Gasteiger partial charge in [-0.15, -0.1) is 5.92 Å². The van der Waals surface area contributed by atoms with Gasteiger partial charge in [-0.25, -0.2) is 0 Å². The van der Waals surface area contributed by atoms with E-state index in [1.807, 2.05) is 0 Å². The van der Waals surface area contributed by atoms with Crippen LogP contribution in [0.3, 0.4) is 0 Å². The van der Waals surface area contributed by atoms with Crippen LogP contribution in [0.2, 0.25) is 0 Å². The van der Waals surface area contributed by atoms with Gasteiger partial charge in [0.25, 0.3) is 0 Å². The monoisotopic (exact) mass is 156 g/mol. The molecule has 0 aliphatic heterocycles. The van der Waals surface area contributed by atoms with Gasteiger partial charge in [0.05, 0.1) is 6.54 Å². The van der Waals surface area contributed by atoms with E-state index in [2.05, 4.69) is 17.2 Å². The SMILES string of the molecule is CC#CCNC(CN)C(=O)O. The maximum Gasteiger partial charge on any atom is 0.322 e. The largest absolute Gasteiger partial charge is 0.480 e. The second-order valence-electron chi connectivity index (χ2n) is 1.93. The van der Waals surface area contributed by atoms with E-state index in [0.717, 1.165) is 0 Å². The number of nitrogens with one attached hydrogen (secondary N) is 1. The number of carboxylic acids is 1. The fourth-order valence-electron chi connectivity index (χ4n) is 0.534. The molecule has 11 heavy (non-hydrogen) atoms. The van der Waals surface area contributed by atoms with Gasteiger partial charge < -0.3 is 10.8 Å². The lowest BCUT2D eigenvalue weighted by Gasteiger charge is -2.08. The third-order valence-electron chi connectivity index (χ3n) is 1.15. The molecule has 0 spiro atoms. The first-order valence-corrected chi connectivity index (χ1v) is 3.28. The molecule has 0 fully saturated rings. The molecule has 1 unspecified atom stereocenters. The number of nitrogens with two attached hydrogens (primary N) is 1. The van der Waals surface area contributed by atoms with E-state index < -0.39 is 12.0 Å². The summed E-state index contributed by atoms with van der Waals surface area (Å²) in [6, 6.07) is -0.684. The zero-order valence-corrected chi connectivity index (χ0v) is 6.42. The molecule has 0 aliphatic carbocycles. The Morgan fingerprint density at radius 1 is 1.82 bits per heavy atom. The van der Waals surface area contributed by atoms with Gasteiger partial charge in [-0.1, -0.05) is 5.92 Å². The average Bonchev–Trinajstić information content (AvgIpc) is 1.97. The second kappa shape index (κ2) is 5.71. The summed E-state index contributed by atoms with van der Waals surface area (Å²) in [4.78, 5) is 10.3. The van der Waals surface area contributed by atoms with Gasteiger partial charge in [0.1, 0.15) is 6.04 Å². The van der Waals surface area contributed by atoms with Gasteiger partial charge in [-0.05, 0) is 6.92 Å². The maximum atomic E-state index is 10.3. The zero-order chi connectivity index (χ0) is 8.69. The number of carbonyl (C=O) groups is 1. The van der Waals surface area contributed by atoms with Crippen molar-refractivity contribution in [3.63, 3.8) is 0 Å². The van der Waals surface area contributed by atoms with Crippen LogP contribution in [0.1, 0.15) is 6.92 Å². The fourth-order valence-corrected chi connectivity index (χ4v) is 0.534. The highest BCUT2D eigenvalue weighted by Crippen LogP contribution is 1.77. The van der Waals surface area contributed by atoms with Crippen molar-refractivity contribution in [2.24, 2.45) is 5.73 Å². The Morgan fingerprint density at radius 2 is 2.45 bits per heavy atom. The lowest BCUT2D eigenvalue weighted by molar-refractivity contribution is -0.139. The Labute approximate surface area is 65.8 Å². The van der Waals surface area contributed by atoms with Gasteiger partial charge >= 0.3 is 5.97 Å². The highest BCUT2D eigenvalue weighted by atomic mass is 16.4. The standard InChI is InChI=1S/C7H12N2O2/c1-2-3-4-9-6(5-8)7(10)11/h6,9H,4-5,8H2,1H3,(H,10,11). The normalized spacial score (nSPS) is 11.5. The summed E-state index contributed by atoms with van der Waals surface area (Å²) in [5.74, 6) is 4.39. The van der Waals surface area contributed by atoms with Crippen LogP contribution in [-0.2, 0) is 4.79 Å². The molecule has 0 saturated carbocycles. The van der Waals surface area contributed by atoms with Crippen LogP contribution in [0.4, 0.5) is 0 Å². The van der Waals surface area contributed by atoms with Crippen LogP contribution >= 0.6 is 0 Å². The maximum absolute atomic E-state index is 10.3. The van der Waals surface area contributed by atoms with Gasteiger partial charge in [0.2, 0.25) is 0 Å². The Kier molecular flexibility index (Phi) is 5.17. The lowest BCUT2D eigenvalue weighted by Crippen LogP contribution is -2.42.